The molecule has 0 bridgehead atoms. The molecular formula is C51H36N2. The SMILES string of the molecule is CC1(C)c2cc(-c3ccc(-c4cc(-c5ccccc5)nc(-c5ccc(-c6ccccc6)cc5)n4)c4ccccc34)ccc2-c2ccc3ccccc3c21. The molecule has 2 nitrogen and oxygen atoms in total. The number of nitrogens with zero attached hydrogens (tertiary/aromatic N) is 2. The van der Waals surface area contributed by atoms with Crippen LogP contribution >= 0.6 is 0 Å². The molecule has 0 aliphatic heterocycles. The van der Waals surface area contributed by atoms with Gasteiger partial charge in [-0.2, -0.15) is 0 Å². The van der Waals surface area contributed by atoms with E-state index in [2.05, 4.69) is 184 Å². The summed E-state index contributed by atoms with van der Waals surface area (Å²) in [4.78, 5) is 10.4. The van der Waals surface area contributed by atoms with E-state index in [-0.39, 0.29) is 5.41 Å². The zero-order chi connectivity index (χ0) is 35.5. The van der Waals surface area contributed by atoms with Gasteiger partial charge in [-0.3, -0.25) is 0 Å². The molecule has 0 amide bonds. The molecule has 9 aromatic rings. The normalized spacial score (nSPS) is 12.9. The Balaban J connectivity index is 1.10. The minimum Gasteiger partial charge on any atom is -0.228 e. The van der Waals surface area contributed by atoms with Gasteiger partial charge >= 0.3 is 0 Å². The van der Waals surface area contributed by atoms with Crippen molar-refractivity contribution in [2.45, 2.75) is 19.3 Å². The van der Waals surface area contributed by atoms with Crippen LogP contribution in [0.15, 0.2) is 182 Å². The van der Waals surface area contributed by atoms with E-state index in [9.17, 15) is 0 Å². The standard InChI is InChI=1S/C51H36N2/c1-51(2)46-31-38(26-27-43(46)45-28-25-35-15-9-10-18-40(35)49(45)51)39-29-30-44(42-20-12-11-19-41(39)42)48-32-47(36-16-7-4-8-17-36)52-50(53-48)37-23-21-34(22-24-37)33-13-5-3-6-14-33/h3-32H,1-2H3. The molecule has 0 unspecified atom stereocenters. The fourth-order valence-electron chi connectivity index (χ4n) is 8.46. The Morgan fingerprint density at radius 3 is 1.64 bits per heavy atom. The van der Waals surface area contributed by atoms with Crippen molar-refractivity contribution in [3.63, 3.8) is 0 Å². The van der Waals surface area contributed by atoms with E-state index < -0.39 is 0 Å². The van der Waals surface area contributed by atoms with Crippen LogP contribution in [0.5, 0.6) is 0 Å². The number of aromatic nitrogens is 2. The van der Waals surface area contributed by atoms with Crippen LogP contribution in [-0.4, -0.2) is 9.97 Å². The predicted octanol–water partition coefficient (Wildman–Crippen LogP) is 13.4. The number of hydrogen-bond donors (Lipinski definition) is 0. The molecule has 250 valence electrons. The minimum atomic E-state index is -0.123. The maximum Gasteiger partial charge on any atom is 0.160 e. The summed E-state index contributed by atoms with van der Waals surface area (Å²) in [6.07, 6.45) is 0. The molecule has 1 aromatic heterocycles. The summed E-state index contributed by atoms with van der Waals surface area (Å²) in [5, 5.41) is 5.01. The van der Waals surface area contributed by atoms with Crippen molar-refractivity contribution in [1.82, 2.24) is 9.97 Å². The summed E-state index contributed by atoms with van der Waals surface area (Å²) in [7, 11) is 0. The van der Waals surface area contributed by atoms with Crippen LogP contribution in [-0.2, 0) is 5.41 Å². The van der Waals surface area contributed by atoms with E-state index in [1.54, 1.807) is 0 Å². The lowest BCUT2D eigenvalue weighted by Crippen LogP contribution is -2.15. The average molecular weight is 677 g/mol. The van der Waals surface area contributed by atoms with Crippen molar-refractivity contribution in [1.29, 1.82) is 0 Å². The van der Waals surface area contributed by atoms with Crippen LogP contribution in [0.2, 0.25) is 0 Å². The van der Waals surface area contributed by atoms with E-state index in [0.717, 1.165) is 28.1 Å². The van der Waals surface area contributed by atoms with Gasteiger partial charge in [0, 0.05) is 22.1 Å². The van der Waals surface area contributed by atoms with E-state index in [4.69, 9.17) is 9.97 Å². The number of benzene rings is 8. The smallest absolute Gasteiger partial charge is 0.160 e. The summed E-state index contributed by atoms with van der Waals surface area (Å²) >= 11 is 0. The van der Waals surface area contributed by atoms with Crippen molar-refractivity contribution in [2.75, 3.05) is 0 Å². The first kappa shape index (κ1) is 31.1. The Hall–Kier alpha value is -6.64. The summed E-state index contributed by atoms with van der Waals surface area (Å²) in [5.74, 6) is 0.710. The van der Waals surface area contributed by atoms with Gasteiger partial charge in [0.2, 0.25) is 0 Å². The van der Waals surface area contributed by atoms with Crippen LogP contribution in [0.3, 0.4) is 0 Å². The van der Waals surface area contributed by atoms with Gasteiger partial charge in [-0.25, -0.2) is 9.97 Å². The molecule has 1 aliphatic carbocycles. The molecule has 0 radical (unpaired) electrons. The highest BCUT2D eigenvalue weighted by molar-refractivity contribution is 6.05. The fourth-order valence-corrected chi connectivity index (χ4v) is 8.46. The molecule has 8 aromatic carbocycles. The maximum atomic E-state index is 5.26. The maximum absolute atomic E-state index is 5.26. The van der Waals surface area contributed by atoms with Crippen LogP contribution in [0.4, 0.5) is 0 Å². The van der Waals surface area contributed by atoms with Crippen molar-refractivity contribution < 1.29 is 0 Å². The van der Waals surface area contributed by atoms with Gasteiger partial charge in [-0.05, 0) is 78.2 Å². The van der Waals surface area contributed by atoms with Crippen molar-refractivity contribution in [3.05, 3.63) is 193 Å². The molecule has 0 saturated carbocycles. The lowest BCUT2D eigenvalue weighted by atomic mass is 9.79. The molecular weight excluding hydrogens is 641 g/mol. The second kappa shape index (κ2) is 12.3. The molecule has 0 fully saturated rings. The molecule has 2 heteroatoms. The lowest BCUT2D eigenvalue weighted by Gasteiger charge is -2.24. The van der Waals surface area contributed by atoms with E-state index in [0.29, 0.717) is 5.82 Å². The summed E-state index contributed by atoms with van der Waals surface area (Å²) in [5.41, 5.74) is 15.1. The number of hydrogen-bond acceptors (Lipinski definition) is 2. The van der Waals surface area contributed by atoms with Gasteiger partial charge in [0.25, 0.3) is 0 Å². The Labute approximate surface area is 310 Å². The van der Waals surface area contributed by atoms with E-state index in [1.807, 2.05) is 12.1 Å². The molecule has 0 atom stereocenters. The van der Waals surface area contributed by atoms with Gasteiger partial charge in [0.1, 0.15) is 0 Å². The Kier molecular flexibility index (Phi) is 7.19. The quantitative estimate of drug-likeness (QED) is 0.181. The molecule has 1 heterocycles. The van der Waals surface area contributed by atoms with Gasteiger partial charge in [-0.1, -0.05) is 184 Å². The highest BCUT2D eigenvalue weighted by Gasteiger charge is 2.37. The van der Waals surface area contributed by atoms with E-state index in [1.165, 1.54) is 66.1 Å². The lowest BCUT2D eigenvalue weighted by molar-refractivity contribution is 0.666. The molecule has 10 rings (SSSR count). The zero-order valence-electron chi connectivity index (χ0n) is 29.7. The van der Waals surface area contributed by atoms with Crippen molar-refractivity contribution in [2.24, 2.45) is 0 Å². The second-order valence-electron chi connectivity index (χ2n) is 14.6. The minimum absolute atomic E-state index is 0.123. The van der Waals surface area contributed by atoms with Gasteiger partial charge in [0.05, 0.1) is 11.4 Å². The largest absolute Gasteiger partial charge is 0.228 e. The van der Waals surface area contributed by atoms with Crippen LogP contribution in [0.1, 0.15) is 25.0 Å². The molecule has 53 heavy (non-hydrogen) atoms. The Bertz CT molecular complexity index is 2830. The summed E-state index contributed by atoms with van der Waals surface area (Å²) in [6, 6.07) is 65.3. The topological polar surface area (TPSA) is 25.8 Å². The third kappa shape index (κ3) is 5.18. The highest BCUT2D eigenvalue weighted by atomic mass is 14.9. The summed E-state index contributed by atoms with van der Waals surface area (Å²) in [6.45, 7) is 4.75. The highest BCUT2D eigenvalue weighted by Crippen LogP contribution is 2.52. The fraction of sp³-hybridized carbons (Fsp3) is 0.0588. The van der Waals surface area contributed by atoms with Crippen LogP contribution in [0, 0.1) is 0 Å². The van der Waals surface area contributed by atoms with Gasteiger partial charge in [-0.15, -0.1) is 0 Å². The third-order valence-corrected chi connectivity index (χ3v) is 11.1. The zero-order valence-corrected chi connectivity index (χ0v) is 29.7. The monoisotopic (exact) mass is 676 g/mol. The molecule has 0 saturated heterocycles. The van der Waals surface area contributed by atoms with Crippen molar-refractivity contribution >= 4 is 21.5 Å². The van der Waals surface area contributed by atoms with Gasteiger partial charge < -0.3 is 0 Å². The molecule has 0 N–H and O–H groups in total. The Morgan fingerprint density at radius 1 is 0.358 bits per heavy atom. The first-order chi connectivity index (χ1) is 26.0. The average Bonchev–Trinajstić information content (AvgIpc) is 3.46. The predicted molar refractivity (Wildman–Crippen MR) is 222 cm³/mol. The van der Waals surface area contributed by atoms with Gasteiger partial charge in [0.15, 0.2) is 5.82 Å². The van der Waals surface area contributed by atoms with Crippen molar-refractivity contribution in [3.8, 4) is 67.3 Å². The number of rotatable bonds is 5. The first-order valence-electron chi connectivity index (χ1n) is 18.3. The van der Waals surface area contributed by atoms with Crippen LogP contribution < -0.4 is 0 Å². The third-order valence-electron chi connectivity index (χ3n) is 11.1. The van der Waals surface area contributed by atoms with E-state index >= 15 is 0 Å². The van der Waals surface area contributed by atoms with Crippen LogP contribution in [0.25, 0.3) is 88.8 Å². The number of fused-ring (bicyclic) bond motifs is 6. The Morgan fingerprint density at radius 2 is 0.887 bits per heavy atom. The molecule has 0 spiro atoms. The first-order valence-corrected chi connectivity index (χ1v) is 18.3. The molecule has 1 aliphatic rings. The second-order valence-corrected chi connectivity index (χ2v) is 14.6. The summed E-state index contributed by atoms with van der Waals surface area (Å²) < 4.78 is 0.